The number of hydrogen-bond acceptors (Lipinski definition) is 4. The molecule has 0 bridgehead atoms. The van der Waals surface area contributed by atoms with Crippen molar-refractivity contribution < 1.29 is 17.9 Å². The molecule has 1 aliphatic heterocycles. The third-order valence-corrected chi connectivity index (χ3v) is 5.44. The Morgan fingerprint density at radius 2 is 2.10 bits per heavy atom. The van der Waals surface area contributed by atoms with Crippen LogP contribution in [0.3, 0.4) is 0 Å². The second-order valence-electron chi connectivity index (χ2n) is 5.73. The SMILES string of the molecule is CC(C)c1ccccc1OC(=O)NCC1CCS(=O)(=O)C1. The van der Waals surface area contributed by atoms with Crippen LogP contribution in [0, 0.1) is 5.92 Å². The number of hydrogen-bond donors (Lipinski definition) is 1. The summed E-state index contributed by atoms with van der Waals surface area (Å²) < 4.78 is 28.0. The molecule has 116 valence electrons. The van der Waals surface area contributed by atoms with Crippen LogP contribution in [-0.2, 0) is 9.84 Å². The zero-order chi connectivity index (χ0) is 15.5. The topological polar surface area (TPSA) is 72.5 Å². The number of carbonyl (C=O) groups is 1. The third kappa shape index (κ3) is 4.46. The van der Waals surface area contributed by atoms with Gasteiger partial charge in [-0.05, 0) is 29.9 Å². The lowest BCUT2D eigenvalue weighted by molar-refractivity contribution is 0.198. The van der Waals surface area contributed by atoms with Crippen LogP contribution in [0.1, 0.15) is 31.7 Å². The maximum absolute atomic E-state index is 11.8. The lowest BCUT2D eigenvalue weighted by Crippen LogP contribution is -2.32. The molecule has 2 rings (SSSR count). The van der Waals surface area contributed by atoms with E-state index in [1.807, 2.05) is 32.0 Å². The maximum Gasteiger partial charge on any atom is 0.412 e. The van der Waals surface area contributed by atoms with Gasteiger partial charge in [0, 0.05) is 6.54 Å². The first-order valence-corrected chi connectivity index (χ1v) is 8.94. The molecule has 1 fully saturated rings. The van der Waals surface area contributed by atoms with Crippen LogP contribution in [0.15, 0.2) is 24.3 Å². The molecule has 0 aromatic heterocycles. The van der Waals surface area contributed by atoms with Gasteiger partial charge in [-0.25, -0.2) is 13.2 Å². The molecule has 1 saturated heterocycles. The lowest BCUT2D eigenvalue weighted by Gasteiger charge is -2.14. The van der Waals surface area contributed by atoms with Gasteiger partial charge in [0.05, 0.1) is 11.5 Å². The zero-order valence-corrected chi connectivity index (χ0v) is 13.2. The van der Waals surface area contributed by atoms with Crippen LogP contribution in [0.2, 0.25) is 0 Å². The Labute approximate surface area is 125 Å². The predicted octanol–water partition coefficient (Wildman–Crippen LogP) is 2.33. The van der Waals surface area contributed by atoms with Crippen molar-refractivity contribution in [1.29, 1.82) is 0 Å². The molecule has 0 radical (unpaired) electrons. The van der Waals surface area contributed by atoms with E-state index in [2.05, 4.69) is 5.32 Å². The van der Waals surface area contributed by atoms with Gasteiger partial charge in [0.2, 0.25) is 0 Å². The monoisotopic (exact) mass is 311 g/mol. The Kier molecular flexibility index (Phi) is 4.88. The average Bonchev–Trinajstić information content (AvgIpc) is 2.76. The fourth-order valence-corrected chi connectivity index (χ4v) is 4.31. The van der Waals surface area contributed by atoms with Crippen molar-refractivity contribution in [3.8, 4) is 5.75 Å². The molecule has 0 spiro atoms. The minimum Gasteiger partial charge on any atom is -0.410 e. The van der Waals surface area contributed by atoms with Crippen molar-refractivity contribution in [2.24, 2.45) is 5.92 Å². The maximum atomic E-state index is 11.8. The van der Waals surface area contributed by atoms with E-state index in [0.717, 1.165) is 5.56 Å². The molecule has 21 heavy (non-hydrogen) atoms. The first kappa shape index (κ1) is 15.8. The molecule has 1 aliphatic rings. The number of sulfone groups is 1. The van der Waals surface area contributed by atoms with E-state index in [0.29, 0.717) is 18.7 Å². The first-order valence-electron chi connectivity index (χ1n) is 7.12. The largest absolute Gasteiger partial charge is 0.412 e. The fourth-order valence-electron chi connectivity index (χ4n) is 2.45. The number of para-hydroxylation sites is 1. The van der Waals surface area contributed by atoms with Crippen molar-refractivity contribution in [3.05, 3.63) is 29.8 Å². The smallest absolute Gasteiger partial charge is 0.410 e. The highest BCUT2D eigenvalue weighted by atomic mass is 32.2. The van der Waals surface area contributed by atoms with Gasteiger partial charge in [0.25, 0.3) is 0 Å². The van der Waals surface area contributed by atoms with Crippen molar-refractivity contribution >= 4 is 15.9 Å². The summed E-state index contributed by atoms with van der Waals surface area (Å²) in [6.07, 6.45) is 0.0676. The van der Waals surface area contributed by atoms with E-state index >= 15 is 0 Å². The summed E-state index contributed by atoms with van der Waals surface area (Å²) in [5.41, 5.74) is 0.969. The Bertz CT molecular complexity index is 610. The average molecular weight is 311 g/mol. The van der Waals surface area contributed by atoms with Crippen molar-refractivity contribution in [2.45, 2.75) is 26.2 Å². The summed E-state index contributed by atoms with van der Waals surface area (Å²) in [5.74, 6) is 1.15. The van der Waals surface area contributed by atoms with E-state index in [9.17, 15) is 13.2 Å². The fraction of sp³-hybridized carbons (Fsp3) is 0.533. The van der Waals surface area contributed by atoms with Crippen LogP contribution < -0.4 is 10.1 Å². The third-order valence-electron chi connectivity index (χ3n) is 3.61. The molecule has 1 amide bonds. The van der Waals surface area contributed by atoms with Crippen LogP contribution >= 0.6 is 0 Å². The number of amides is 1. The molecule has 5 nitrogen and oxygen atoms in total. The molecule has 1 unspecified atom stereocenters. The minimum atomic E-state index is -2.91. The Morgan fingerprint density at radius 3 is 2.71 bits per heavy atom. The first-order chi connectivity index (χ1) is 9.87. The van der Waals surface area contributed by atoms with Crippen LogP contribution in [0.4, 0.5) is 4.79 Å². The molecule has 1 N–H and O–H groups in total. The van der Waals surface area contributed by atoms with Gasteiger partial charge in [-0.2, -0.15) is 0 Å². The molecule has 1 aromatic carbocycles. The highest BCUT2D eigenvalue weighted by Crippen LogP contribution is 2.26. The van der Waals surface area contributed by atoms with Gasteiger partial charge >= 0.3 is 6.09 Å². The molecular weight excluding hydrogens is 290 g/mol. The van der Waals surface area contributed by atoms with E-state index in [1.165, 1.54) is 0 Å². The van der Waals surface area contributed by atoms with Gasteiger partial charge in [0.1, 0.15) is 5.75 Å². The molecule has 0 saturated carbocycles. The van der Waals surface area contributed by atoms with Gasteiger partial charge in [-0.3, -0.25) is 0 Å². The highest BCUT2D eigenvalue weighted by Gasteiger charge is 2.28. The Balaban J connectivity index is 1.88. The number of nitrogens with one attached hydrogen (secondary N) is 1. The molecule has 0 aliphatic carbocycles. The van der Waals surface area contributed by atoms with Crippen LogP contribution in [0.5, 0.6) is 5.75 Å². The molecule has 1 atom stereocenters. The molecule has 1 heterocycles. The lowest BCUT2D eigenvalue weighted by atomic mass is 10.0. The van der Waals surface area contributed by atoms with E-state index in [-0.39, 0.29) is 23.3 Å². The van der Waals surface area contributed by atoms with Gasteiger partial charge in [-0.1, -0.05) is 32.0 Å². The van der Waals surface area contributed by atoms with Crippen molar-refractivity contribution in [3.63, 3.8) is 0 Å². The summed E-state index contributed by atoms with van der Waals surface area (Å²) in [7, 11) is -2.91. The van der Waals surface area contributed by atoms with Crippen LogP contribution in [-0.4, -0.2) is 32.6 Å². The number of ether oxygens (including phenoxy) is 1. The van der Waals surface area contributed by atoms with E-state index in [1.54, 1.807) is 6.07 Å². The van der Waals surface area contributed by atoms with Crippen LogP contribution in [0.25, 0.3) is 0 Å². The summed E-state index contributed by atoms with van der Waals surface area (Å²) in [6, 6.07) is 7.41. The minimum absolute atomic E-state index is 0.0112. The quantitative estimate of drug-likeness (QED) is 0.926. The zero-order valence-electron chi connectivity index (χ0n) is 12.3. The summed E-state index contributed by atoms with van der Waals surface area (Å²) in [5, 5.41) is 2.65. The number of benzene rings is 1. The van der Waals surface area contributed by atoms with Crippen molar-refractivity contribution in [1.82, 2.24) is 5.32 Å². The van der Waals surface area contributed by atoms with Crippen molar-refractivity contribution in [2.75, 3.05) is 18.1 Å². The Hall–Kier alpha value is -1.56. The molecule has 1 aromatic rings. The van der Waals surface area contributed by atoms with Gasteiger partial charge in [-0.15, -0.1) is 0 Å². The van der Waals surface area contributed by atoms with E-state index in [4.69, 9.17) is 4.74 Å². The predicted molar refractivity (Wildman–Crippen MR) is 81.3 cm³/mol. The van der Waals surface area contributed by atoms with Gasteiger partial charge in [0.15, 0.2) is 9.84 Å². The molecular formula is C15H21NO4S. The standard InChI is InChI=1S/C15H21NO4S/c1-11(2)13-5-3-4-6-14(13)20-15(17)16-9-12-7-8-21(18,19)10-12/h3-6,11-12H,7-10H2,1-2H3,(H,16,17). The number of carbonyl (C=O) groups excluding carboxylic acids is 1. The summed E-state index contributed by atoms with van der Waals surface area (Å²) in [6.45, 7) is 4.40. The number of rotatable bonds is 4. The van der Waals surface area contributed by atoms with E-state index < -0.39 is 15.9 Å². The highest BCUT2D eigenvalue weighted by molar-refractivity contribution is 7.91. The van der Waals surface area contributed by atoms with Gasteiger partial charge < -0.3 is 10.1 Å². The molecule has 6 heteroatoms. The second kappa shape index (κ2) is 6.47. The summed E-state index contributed by atoms with van der Waals surface area (Å²) in [4.78, 5) is 11.8. The Morgan fingerprint density at radius 1 is 1.38 bits per heavy atom. The second-order valence-corrected chi connectivity index (χ2v) is 7.96. The normalized spacial score (nSPS) is 20.4. The summed E-state index contributed by atoms with van der Waals surface area (Å²) >= 11 is 0.